The fraction of sp³-hybridized carbons (Fsp3) is 0.300. The molecule has 0 saturated carbocycles. The maximum Gasteiger partial charge on any atom is 0.285 e. The molecular weight excluding hydrogens is 370 g/mol. The Bertz CT molecular complexity index is 938. The SMILES string of the molecule is Cc1cc(NC2=CN(Sc3ccc(N4CCCC4)cc3)CC3=NC=C[N+]23)n[nH]1. The van der Waals surface area contributed by atoms with Gasteiger partial charge < -0.3 is 4.90 Å². The second-order valence-electron chi connectivity index (χ2n) is 7.14. The Morgan fingerprint density at radius 1 is 1.18 bits per heavy atom. The van der Waals surface area contributed by atoms with Gasteiger partial charge in [-0.05, 0) is 60.9 Å². The van der Waals surface area contributed by atoms with Gasteiger partial charge in [0.1, 0.15) is 6.54 Å². The van der Waals surface area contributed by atoms with Gasteiger partial charge in [-0.2, -0.15) is 10.1 Å². The van der Waals surface area contributed by atoms with E-state index in [-0.39, 0.29) is 0 Å². The van der Waals surface area contributed by atoms with Crippen molar-refractivity contribution >= 4 is 29.3 Å². The molecule has 5 rings (SSSR count). The number of aromatic amines is 1. The van der Waals surface area contributed by atoms with Crippen LogP contribution < -0.4 is 15.1 Å². The molecule has 1 fully saturated rings. The minimum absolute atomic E-state index is 0.746. The van der Waals surface area contributed by atoms with E-state index in [0.717, 1.165) is 29.7 Å². The number of aryl methyl sites for hydroxylation is 1. The Kier molecular flexibility index (Phi) is 4.58. The number of rotatable bonds is 5. The van der Waals surface area contributed by atoms with Crippen LogP contribution in [0.4, 0.5) is 11.5 Å². The molecule has 4 heterocycles. The quantitative estimate of drug-likeness (QED) is 0.600. The molecule has 8 heteroatoms. The third-order valence-corrected chi connectivity index (χ3v) is 5.99. The zero-order chi connectivity index (χ0) is 18.9. The van der Waals surface area contributed by atoms with E-state index in [1.54, 1.807) is 11.9 Å². The van der Waals surface area contributed by atoms with E-state index in [1.165, 1.54) is 36.5 Å². The Hall–Kier alpha value is -2.71. The normalized spacial score (nSPS) is 19.0. The summed E-state index contributed by atoms with van der Waals surface area (Å²) in [4.78, 5) is 10.2. The Labute approximate surface area is 168 Å². The maximum absolute atomic E-state index is 4.50. The van der Waals surface area contributed by atoms with Crippen LogP contribution in [0.1, 0.15) is 18.5 Å². The number of hydrogen-bond acceptors (Lipinski definition) is 7. The van der Waals surface area contributed by atoms with Gasteiger partial charge in [0.15, 0.2) is 12.0 Å². The molecule has 2 N–H and O–H groups in total. The molecule has 1 aromatic carbocycles. The molecule has 143 valence electrons. The van der Waals surface area contributed by atoms with Crippen molar-refractivity contribution < 1.29 is 0 Å². The highest BCUT2D eigenvalue weighted by Gasteiger charge is 2.37. The molecule has 0 unspecified atom stereocenters. The first-order valence-corrected chi connectivity index (χ1v) is 10.3. The monoisotopic (exact) mass is 393 g/mol. The molecule has 3 aliphatic heterocycles. The van der Waals surface area contributed by atoms with E-state index in [4.69, 9.17) is 0 Å². The topological polar surface area (TPSA) is 65.4 Å². The first-order valence-electron chi connectivity index (χ1n) is 9.58. The number of nitrogens with one attached hydrogen (secondary N) is 2. The molecule has 1 radical (unpaired) electrons. The Morgan fingerprint density at radius 2 is 2.00 bits per heavy atom. The summed E-state index contributed by atoms with van der Waals surface area (Å²) in [6, 6.07) is 10.9. The highest BCUT2D eigenvalue weighted by Crippen LogP contribution is 2.30. The lowest BCUT2D eigenvalue weighted by Gasteiger charge is -2.24. The first kappa shape index (κ1) is 17.4. The summed E-state index contributed by atoms with van der Waals surface area (Å²) < 4.78 is 2.20. The summed E-state index contributed by atoms with van der Waals surface area (Å²) in [5.41, 5.74) is 2.34. The minimum Gasteiger partial charge on any atom is -0.372 e. The zero-order valence-electron chi connectivity index (χ0n) is 15.8. The lowest BCUT2D eigenvalue weighted by molar-refractivity contribution is 0.634. The van der Waals surface area contributed by atoms with Crippen LogP contribution in [0.5, 0.6) is 0 Å². The molecule has 28 heavy (non-hydrogen) atoms. The van der Waals surface area contributed by atoms with Crippen LogP contribution in [0, 0.1) is 6.92 Å². The fourth-order valence-corrected chi connectivity index (χ4v) is 4.51. The number of benzene rings is 1. The van der Waals surface area contributed by atoms with Crippen molar-refractivity contribution in [2.75, 3.05) is 29.9 Å². The number of aromatic nitrogens is 2. The number of H-pyrrole nitrogens is 1. The van der Waals surface area contributed by atoms with Gasteiger partial charge in [-0.3, -0.25) is 14.7 Å². The van der Waals surface area contributed by atoms with Gasteiger partial charge in [-0.15, -0.1) is 0 Å². The van der Waals surface area contributed by atoms with Gasteiger partial charge in [0.25, 0.3) is 11.7 Å². The molecule has 7 nitrogen and oxygen atoms in total. The van der Waals surface area contributed by atoms with Crippen LogP contribution in [-0.2, 0) is 0 Å². The van der Waals surface area contributed by atoms with E-state index >= 15 is 0 Å². The van der Waals surface area contributed by atoms with Crippen LogP contribution in [-0.4, -0.2) is 40.0 Å². The first-order chi connectivity index (χ1) is 13.7. The van der Waals surface area contributed by atoms with E-state index in [2.05, 4.69) is 65.1 Å². The summed E-state index contributed by atoms with van der Waals surface area (Å²) in [6.45, 7) is 5.08. The third-order valence-electron chi connectivity index (χ3n) is 5.03. The molecule has 0 aliphatic carbocycles. The largest absolute Gasteiger partial charge is 0.372 e. The van der Waals surface area contributed by atoms with Gasteiger partial charge in [-0.25, -0.2) is 0 Å². The van der Waals surface area contributed by atoms with E-state index in [0.29, 0.717) is 0 Å². The minimum atomic E-state index is 0.746. The summed E-state index contributed by atoms with van der Waals surface area (Å²) >= 11 is 1.72. The van der Waals surface area contributed by atoms with Crippen molar-refractivity contribution in [3.8, 4) is 0 Å². The smallest absolute Gasteiger partial charge is 0.285 e. The predicted octanol–water partition coefficient (Wildman–Crippen LogP) is 3.58. The summed E-state index contributed by atoms with van der Waals surface area (Å²) in [5, 5.41) is 10.6. The number of hydrogen-bond donors (Lipinski definition) is 2. The van der Waals surface area contributed by atoms with Crippen LogP contribution in [0.15, 0.2) is 64.6 Å². The second-order valence-corrected chi connectivity index (χ2v) is 8.27. The summed E-state index contributed by atoms with van der Waals surface area (Å²) in [5.74, 6) is 2.73. The summed E-state index contributed by atoms with van der Waals surface area (Å²) in [7, 11) is 0. The molecule has 1 aromatic heterocycles. The van der Waals surface area contributed by atoms with Crippen LogP contribution in [0.2, 0.25) is 0 Å². The van der Waals surface area contributed by atoms with Crippen LogP contribution in [0.25, 0.3) is 0 Å². The van der Waals surface area contributed by atoms with Crippen LogP contribution in [0.3, 0.4) is 0 Å². The van der Waals surface area contributed by atoms with Crippen molar-refractivity contribution in [1.29, 1.82) is 0 Å². The molecule has 0 amide bonds. The molecule has 2 aromatic rings. The number of anilines is 2. The highest BCUT2D eigenvalue weighted by atomic mass is 32.2. The Morgan fingerprint density at radius 3 is 2.75 bits per heavy atom. The number of amidine groups is 1. The van der Waals surface area contributed by atoms with E-state index < -0.39 is 0 Å². The lowest BCUT2D eigenvalue weighted by Crippen LogP contribution is -2.42. The standard InChI is InChI=1S/C20H23N7S/c1-15-12-18(24-23-15)22-20-14-26(13-19-21-8-11-27(19)20)28-17-6-4-16(5-7-17)25-9-2-3-10-25/h4-8,11-12,14H,2-3,9-10,13H2,1H3,(H2,22,23,24)/q+1. The number of aliphatic imine (C=N–C) groups is 1. The molecule has 1 saturated heterocycles. The molecule has 3 aliphatic rings. The molecule has 0 spiro atoms. The second kappa shape index (κ2) is 7.37. The zero-order valence-corrected chi connectivity index (χ0v) is 16.6. The summed E-state index contributed by atoms with van der Waals surface area (Å²) in [6.07, 6.45) is 8.51. The molecule has 0 atom stereocenters. The highest BCUT2D eigenvalue weighted by molar-refractivity contribution is 7.97. The van der Waals surface area contributed by atoms with Gasteiger partial charge in [0, 0.05) is 35.4 Å². The van der Waals surface area contributed by atoms with Crippen molar-refractivity contribution in [1.82, 2.24) is 19.4 Å². The average molecular weight is 394 g/mol. The molecule has 0 bridgehead atoms. The van der Waals surface area contributed by atoms with Gasteiger partial charge in [0.05, 0.1) is 12.4 Å². The maximum atomic E-state index is 4.50. The van der Waals surface area contributed by atoms with Crippen molar-refractivity contribution in [2.45, 2.75) is 24.7 Å². The average Bonchev–Trinajstić information content (AvgIpc) is 3.44. The molecular formula is C20H23N7S+. The van der Waals surface area contributed by atoms with Crippen molar-refractivity contribution in [3.05, 3.63) is 60.4 Å². The van der Waals surface area contributed by atoms with Crippen LogP contribution >= 0.6 is 11.9 Å². The van der Waals surface area contributed by atoms with E-state index in [9.17, 15) is 0 Å². The lowest BCUT2D eigenvalue weighted by atomic mass is 10.3. The van der Waals surface area contributed by atoms with Gasteiger partial charge >= 0.3 is 0 Å². The third kappa shape index (κ3) is 3.53. The van der Waals surface area contributed by atoms with Gasteiger partial charge in [-0.1, -0.05) is 0 Å². The number of fused-ring (bicyclic) bond motifs is 1. The van der Waals surface area contributed by atoms with E-state index in [1.807, 2.05) is 25.4 Å². The predicted molar refractivity (Wildman–Crippen MR) is 114 cm³/mol. The fourth-order valence-electron chi connectivity index (χ4n) is 3.65. The number of nitrogens with zero attached hydrogens (tertiary/aromatic N) is 5. The van der Waals surface area contributed by atoms with Crippen molar-refractivity contribution in [2.24, 2.45) is 4.99 Å². The van der Waals surface area contributed by atoms with Gasteiger partial charge in [0.2, 0.25) is 0 Å². The Balaban J connectivity index is 1.32. The van der Waals surface area contributed by atoms with Crippen molar-refractivity contribution in [3.63, 3.8) is 0 Å².